The van der Waals surface area contributed by atoms with Crippen molar-refractivity contribution in [3.63, 3.8) is 0 Å². The predicted molar refractivity (Wildman–Crippen MR) is 89.5 cm³/mol. The van der Waals surface area contributed by atoms with Crippen LogP contribution in [-0.2, 0) is 0 Å². The number of carbonyl (C=O) groups is 1. The first-order valence-electron chi connectivity index (χ1n) is 6.88. The van der Waals surface area contributed by atoms with Crippen LogP contribution in [0.2, 0.25) is 0 Å². The Morgan fingerprint density at radius 1 is 1.05 bits per heavy atom. The molecule has 1 N–H and O–H groups in total. The second-order valence-electron chi connectivity index (χ2n) is 4.62. The largest absolute Gasteiger partial charge is 0.271 e. The van der Waals surface area contributed by atoms with Crippen LogP contribution in [0.4, 0.5) is 0 Å². The fourth-order valence-electron chi connectivity index (χ4n) is 1.92. The lowest BCUT2D eigenvalue weighted by Crippen LogP contribution is -2.20. The van der Waals surface area contributed by atoms with Gasteiger partial charge in [0.2, 0.25) is 0 Å². The van der Waals surface area contributed by atoms with Gasteiger partial charge in [-0.05, 0) is 36.2 Å². The average Bonchev–Trinajstić information content (AvgIpc) is 2.52. The minimum Gasteiger partial charge on any atom is -0.267 e. The third-order valence-electron chi connectivity index (χ3n) is 2.99. The first kappa shape index (κ1) is 15.4. The smallest absolute Gasteiger partial charge is 0.267 e. The van der Waals surface area contributed by atoms with Crippen LogP contribution in [0.15, 0.2) is 64.2 Å². The topological polar surface area (TPSA) is 41.5 Å². The Labute approximate surface area is 133 Å². The van der Waals surface area contributed by atoms with Crippen molar-refractivity contribution < 1.29 is 4.79 Å². The Morgan fingerprint density at radius 3 is 2.33 bits per heavy atom. The van der Waals surface area contributed by atoms with Crippen molar-refractivity contribution in [2.75, 3.05) is 0 Å². The molecule has 0 radical (unpaired) electrons. The fourth-order valence-corrected chi connectivity index (χ4v) is 2.18. The molecular weight excluding hydrogens is 328 g/mol. The van der Waals surface area contributed by atoms with Crippen LogP contribution in [0.1, 0.15) is 35.7 Å². The summed E-state index contributed by atoms with van der Waals surface area (Å²) >= 11 is 3.35. The van der Waals surface area contributed by atoms with Gasteiger partial charge in [-0.2, -0.15) is 5.10 Å². The van der Waals surface area contributed by atoms with Crippen LogP contribution >= 0.6 is 15.9 Å². The van der Waals surface area contributed by atoms with Gasteiger partial charge in [-0.3, -0.25) is 4.79 Å². The van der Waals surface area contributed by atoms with Crippen molar-refractivity contribution >= 4 is 27.5 Å². The van der Waals surface area contributed by atoms with E-state index in [1.54, 1.807) is 12.1 Å². The molecule has 1 amide bonds. The van der Waals surface area contributed by atoms with Crippen LogP contribution in [0.25, 0.3) is 0 Å². The number of halogens is 1. The number of hydrazone groups is 1. The van der Waals surface area contributed by atoms with Crippen molar-refractivity contribution in [2.24, 2.45) is 5.10 Å². The molecule has 0 spiro atoms. The van der Waals surface area contributed by atoms with E-state index < -0.39 is 0 Å². The monoisotopic (exact) mass is 344 g/mol. The molecule has 0 aliphatic carbocycles. The summed E-state index contributed by atoms with van der Waals surface area (Å²) in [7, 11) is 0. The van der Waals surface area contributed by atoms with E-state index in [0.29, 0.717) is 5.56 Å². The van der Waals surface area contributed by atoms with Crippen molar-refractivity contribution in [1.29, 1.82) is 0 Å². The van der Waals surface area contributed by atoms with E-state index in [2.05, 4.69) is 33.4 Å². The first-order valence-corrected chi connectivity index (χ1v) is 7.68. The number of rotatable bonds is 5. The summed E-state index contributed by atoms with van der Waals surface area (Å²) in [6.07, 6.45) is 1.80. The number of benzene rings is 2. The van der Waals surface area contributed by atoms with Crippen LogP contribution in [-0.4, -0.2) is 11.6 Å². The van der Waals surface area contributed by atoms with Crippen LogP contribution in [0, 0.1) is 0 Å². The molecule has 0 atom stereocenters. The molecule has 108 valence electrons. The minimum absolute atomic E-state index is 0.202. The van der Waals surface area contributed by atoms with Gasteiger partial charge in [0.05, 0.1) is 5.71 Å². The Hall–Kier alpha value is -1.94. The Bertz CT molecular complexity index is 621. The maximum absolute atomic E-state index is 12.1. The molecule has 0 fully saturated rings. The van der Waals surface area contributed by atoms with Crippen molar-refractivity contribution in [3.05, 3.63) is 70.2 Å². The zero-order chi connectivity index (χ0) is 15.1. The highest BCUT2D eigenvalue weighted by Gasteiger charge is 2.06. The summed E-state index contributed by atoms with van der Waals surface area (Å²) in [5.74, 6) is -0.202. The molecule has 0 saturated carbocycles. The minimum atomic E-state index is -0.202. The van der Waals surface area contributed by atoms with Crippen molar-refractivity contribution in [1.82, 2.24) is 5.43 Å². The molecule has 3 nitrogen and oxygen atoms in total. The van der Waals surface area contributed by atoms with Gasteiger partial charge in [-0.25, -0.2) is 5.43 Å². The van der Waals surface area contributed by atoms with E-state index in [4.69, 9.17) is 0 Å². The van der Waals surface area contributed by atoms with E-state index in [0.717, 1.165) is 28.6 Å². The van der Waals surface area contributed by atoms with Gasteiger partial charge in [0.15, 0.2) is 0 Å². The second kappa shape index (κ2) is 7.74. The maximum atomic E-state index is 12.1. The average molecular weight is 345 g/mol. The third kappa shape index (κ3) is 4.53. The lowest BCUT2D eigenvalue weighted by atomic mass is 10.1. The third-order valence-corrected chi connectivity index (χ3v) is 3.52. The van der Waals surface area contributed by atoms with Gasteiger partial charge < -0.3 is 0 Å². The number of nitrogens with zero attached hydrogens (tertiary/aromatic N) is 1. The number of nitrogens with one attached hydrogen (secondary N) is 1. The molecule has 0 aliphatic rings. The normalized spacial score (nSPS) is 11.2. The number of hydrogen-bond donors (Lipinski definition) is 1. The quantitative estimate of drug-likeness (QED) is 0.634. The molecule has 0 aromatic heterocycles. The highest BCUT2D eigenvalue weighted by Crippen LogP contribution is 2.11. The summed E-state index contributed by atoms with van der Waals surface area (Å²) < 4.78 is 0.943. The number of hydrogen-bond acceptors (Lipinski definition) is 2. The summed E-state index contributed by atoms with van der Waals surface area (Å²) in [4.78, 5) is 12.1. The van der Waals surface area contributed by atoms with Gasteiger partial charge in [-0.15, -0.1) is 0 Å². The fraction of sp³-hybridized carbons (Fsp3) is 0.176. The van der Waals surface area contributed by atoms with Crippen molar-refractivity contribution in [3.8, 4) is 0 Å². The lowest BCUT2D eigenvalue weighted by Gasteiger charge is -2.06. The predicted octanol–water partition coefficient (Wildman–Crippen LogP) is 4.38. The number of amides is 1. The van der Waals surface area contributed by atoms with Crippen molar-refractivity contribution in [2.45, 2.75) is 19.8 Å². The summed E-state index contributed by atoms with van der Waals surface area (Å²) in [6, 6.07) is 17.1. The van der Waals surface area contributed by atoms with E-state index in [1.165, 1.54) is 0 Å². The van der Waals surface area contributed by atoms with Gasteiger partial charge in [0, 0.05) is 10.0 Å². The van der Waals surface area contributed by atoms with E-state index >= 15 is 0 Å². The zero-order valence-electron chi connectivity index (χ0n) is 11.8. The summed E-state index contributed by atoms with van der Waals surface area (Å²) in [5, 5.41) is 4.29. The molecule has 4 heteroatoms. The molecule has 2 aromatic rings. The Morgan fingerprint density at radius 2 is 1.71 bits per heavy atom. The molecule has 0 bridgehead atoms. The molecule has 2 aromatic carbocycles. The molecule has 21 heavy (non-hydrogen) atoms. The Kier molecular flexibility index (Phi) is 5.69. The van der Waals surface area contributed by atoms with E-state index in [-0.39, 0.29) is 5.91 Å². The van der Waals surface area contributed by atoms with Crippen LogP contribution in [0.5, 0.6) is 0 Å². The first-order chi connectivity index (χ1) is 10.2. The molecule has 0 heterocycles. The van der Waals surface area contributed by atoms with Crippen LogP contribution in [0.3, 0.4) is 0 Å². The highest BCUT2D eigenvalue weighted by molar-refractivity contribution is 9.10. The van der Waals surface area contributed by atoms with Gasteiger partial charge in [0.1, 0.15) is 0 Å². The highest BCUT2D eigenvalue weighted by atomic mass is 79.9. The lowest BCUT2D eigenvalue weighted by molar-refractivity contribution is 0.0955. The molecule has 2 rings (SSSR count). The molecular formula is C17H17BrN2O. The van der Waals surface area contributed by atoms with Gasteiger partial charge in [-0.1, -0.05) is 59.6 Å². The zero-order valence-corrected chi connectivity index (χ0v) is 13.4. The summed E-state index contributed by atoms with van der Waals surface area (Å²) in [5.41, 5.74) is 5.15. The second-order valence-corrected chi connectivity index (χ2v) is 5.54. The van der Waals surface area contributed by atoms with E-state index in [1.807, 2.05) is 42.5 Å². The molecule has 0 saturated heterocycles. The maximum Gasteiger partial charge on any atom is 0.271 e. The van der Waals surface area contributed by atoms with Crippen LogP contribution < -0.4 is 5.43 Å². The van der Waals surface area contributed by atoms with Gasteiger partial charge >= 0.3 is 0 Å². The number of carbonyl (C=O) groups excluding carboxylic acids is 1. The Balaban J connectivity index is 2.12. The molecule has 0 aliphatic heterocycles. The molecule has 0 unspecified atom stereocenters. The van der Waals surface area contributed by atoms with Gasteiger partial charge in [0.25, 0.3) is 5.91 Å². The van der Waals surface area contributed by atoms with E-state index in [9.17, 15) is 4.79 Å². The summed E-state index contributed by atoms with van der Waals surface area (Å²) in [6.45, 7) is 2.09. The SMILES string of the molecule is CCC/C(=N\NC(=O)c1ccc(Br)cc1)c1ccccc1. The standard InChI is InChI=1S/C17H17BrN2O/c1-2-6-16(13-7-4-3-5-8-13)19-20-17(21)14-9-11-15(18)12-10-14/h3-5,7-12H,2,6H2,1H3,(H,20,21)/b19-16+.